The Bertz CT molecular complexity index is 1010. The van der Waals surface area contributed by atoms with Crippen LogP contribution < -0.4 is 0 Å². The van der Waals surface area contributed by atoms with Gasteiger partial charge < -0.3 is 4.74 Å². The fourth-order valence-corrected chi connectivity index (χ4v) is 4.81. The minimum atomic E-state index is -5.44. The Morgan fingerprint density at radius 3 is 1.43 bits per heavy atom. The number of hydrogen-bond acceptors (Lipinski definition) is 2. The van der Waals surface area contributed by atoms with Gasteiger partial charge >= 0.3 is 12.1 Å². The van der Waals surface area contributed by atoms with Crippen molar-refractivity contribution in [2.75, 3.05) is 0 Å². The standard InChI is InChI=1S/C23H23O2S.C3H2F6/c1-23(2,3)25-22(24)18-14-16-21(17-15-18)26(19-10-6-4-7-11-19)20-12-8-5-9-13-20;4-1(2(5)6)3(7,8)9/h4-17H,1-3H3;1-2H/q+1;. The summed E-state index contributed by atoms with van der Waals surface area (Å²) in [5.74, 6) is -0.289. The van der Waals surface area contributed by atoms with E-state index in [1.54, 1.807) is 0 Å². The molecule has 2 nitrogen and oxygen atoms in total. The summed E-state index contributed by atoms with van der Waals surface area (Å²) in [6.45, 7) is 5.63. The molecule has 9 heteroatoms. The van der Waals surface area contributed by atoms with Crippen LogP contribution in [0.2, 0.25) is 0 Å². The Kier molecular flexibility index (Phi) is 9.82. The Morgan fingerprint density at radius 2 is 1.11 bits per heavy atom. The second-order valence-corrected chi connectivity index (χ2v) is 10.3. The zero-order valence-corrected chi connectivity index (χ0v) is 20.0. The van der Waals surface area contributed by atoms with E-state index in [1.165, 1.54) is 14.7 Å². The maximum atomic E-state index is 12.3. The van der Waals surface area contributed by atoms with E-state index < -0.39 is 24.4 Å². The van der Waals surface area contributed by atoms with Crippen molar-refractivity contribution in [3.63, 3.8) is 0 Å². The molecule has 0 amide bonds. The molecule has 0 N–H and O–H groups in total. The molecule has 3 aromatic carbocycles. The van der Waals surface area contributed by atoms with Gasteiger partial charge in [-0.15, -0.1) is 0 Å². The van der Waals surface area contributed by atoms with E-state index in [2.05, 4.69) is 48.5 Å². The summed E-state index contributed by atoms with van der Waals surface area (Å²) in [4.78, 5) is 15.9. The predicted octanol–water partition coefficient (Wildman–Crippen LogP) is 7.89. The summed E-state index contributed by atoms with van der Waals surface area (Å²) >= 11 is 0. The van der Waals surface area contributed by atoms with E-state index in [0.717, 1.165) is 0 Å². The van der Waals surface area contributed by atoms with Crippen molar-refractivity contribution < 1.29 is 35.9 Å². The number of carbonyl (C=O) groups excluding carboxylic acids is 1. The average molecular weight is 516 g/mol. The van der Waals surface area contributed by atoms with Crippen LogP contribution in [0, 0.1) is 0 Å². The third kappa shape index (κ3) is 8.98. The lowest BCUT2D eigenvalue weighted by molar-refractivity contribution is -0.211. The Balaban J connectivity index is 0.000000410. The first-order valence-corrected chi connectivity index (χ1v) is 11.7. The van der Waals surface area contributed by atoms with Crippen molar-refractivity contribution in [2.24, 2.45) is 0 Å². The third-order valence-electron chi connectivity index (χ3n) is 4.22. The van der Waals surface area contributed by atoms with Gasteiger partial charge in [-0.05, 0) is 69.3 Å². The van der Waals surface area contributed by atoms with Crippen molar-refractivity contribution in [1.82, 2.24) is 0 Å². The minimum absolute atomic E-state index is 0.207. The summed E-state index contributed by atoms with van der Waals surface area (Å²) in [5.41, 5.74) is 0.0852. The lowest BCUT2D eigenvalue weighted by Crippen LogP contribution is -2.30. The van der Waals surface area contributed by atoms with Gasteiger partial charge in [0.25, 0.3) is 12.6 Å². The summed E-state index contributed by atoms with van der Waals surface area (Å²) in [6.07, 6.45) is -13.4. The Morgan fingerprint density at radius 1 is 0.714 bits per heavy atom. The van der Waals surface area contributed by atoms with E-state index in [0.29, 0.717) is 5.56 Å². The zero-order valence-electron chi connectivity index (χ0n) is 19.2. The first kappa shape index (κ1) is 28.3. The first-order chi connectivity index (χ1) is 16.3. The number of rotatable bonds is 5. The molecule has 0 saturated heterocycles. The molecule has 3 aromatic rings. The molecular weight excluding hydrogens is 490 g/mol. The van der Waals surface area contributed by atoms with Crippen LogP contribution >= 0.6 is 0 Å². The van der Waals surface area contributed by atoms with Crippen molar-refractivity contribution in [3.05, 3.63) is 90.5 Å². The Labute approximate surface area is 203 Å². The van der Waals surface area contributed by atoms with Crippen LogP contribution in [0.1, 0.15) is 31.1 Å². The van der Waals surface area contributed by atoms with Crippen molar-refractivity contribution in [3.8, 4) is 0 Å². The molecule has 1 unspecified atom stereocenters. The van der Waals surface area contributed by atoms with Gasteiger partial charge in [0.2, 0.25) is 0 Å². The highest BCUT2D eigenvalue weighted by Gasteiger charge is 2.46. The first-order valence-electron chi connectivity index (χ1n) is 10.5. The van der Waals surface area contributed by atoms with Crippen LogP contribution in [0.3, 0.4) is 0 Å². The van der Waals surface area contributed by atoms with Gasteiger partial charge in [0.05, 0.1) is 16.5 Å². The lowest BCUT2D eigenvalue weighted by atomic mass is 10.2. The smallest absolute Gasteiger partial charge is 0.425 e. The molecular formula is C26H25F6O2S+. The fourth-order valence-electron chi connectivity index (χ4n) is 2.73. The van der Waals surface area contributed by atoms with Gasteiger partial charge in [-0.3, -0.25) is 0 Å². The van der Waals surface area contributed by atoms with E-state index in [1.807, 2.05) is 57.2 Å². The van der Waals surface area contributed by atoms with E-state index in [-0.39, 0.29) is 16.9 Å². The number of esters is 1. The van der Waals surface area contributed by atoms with E-state index >= 15 is 0 Å². The zero-order chi connectivity index (χ0) is 26.2. The number of hydrogen-bond donors (Lipinski definition) is 0. The van der Waals surface area contributed by atoms with Gasteiger partial charge in [-0.25, -0.2) is 18.0 Å². The summed E-state index contributed by atoms with van der Waals surface area (Å²) in [6, 6.07) is 28.7. The van der Waals surface area contributed by atoms with Crippen molar-refractivity contribution in [2.45, 2.75) is 59.8 Å². The summed E-state index contributed by atoms with van der Waals surface area (Å²) in [5, 5.41) is 0. The molecule has 35 heavy (non-hydrogen) atoms. The second-order valence-electron chi connectivity index (χ2n) is 8.24. The third-order valence-corrected chi connectivity index (χ3v) is 6.45. The molecule has 0 aliphatic carbocycles. The Hall–Kier alpha value is -2.94. The molecule has 0 aromatic heterocycles. The van der Waals surface area contributed by atoms with E-state index in [4.69, 9.17) is 4.74 Å². The number of alkyl halides is 6. The molecule has 0 aliphatic heterocycles. The maximum Gasteiger partial charge on any atom is 0.425 e. The van der Waals surface area contributed by atoms with Gasteiger partial charge in [0.15, 0.2) is 14.7 Å². The molecule has 1 atom stereocenters. The number of benzene rings is 3. The lowest BCUT2D eigenvalue weighted by Gasteiger charge is -2.19. The largest absolute Gasteiger partial charge is 0.456 e. The second kappa shape index (κ2) is 12.2. The van der Waals surface area contributed by atoms with Gasteiger partial charge in [-0.1, -0.05) is 36.4 Å². The molecule has 0 bridgehead atoms. The molecule has 0 spiro atoms. The van der Waals surface area contributed by atoms with Crippen LogP contribution in [0.25, 0.3) is 0 Å². The summed E-state index contributed by atoms with van der Waals surface area (Å²) in [7, 11) is -0.207. The summed E-state index contributed by atoms with van der Waals surface area (Å²) < 4.78 is 70.8. The predicted molar refractivity (Wildman–Crippen MR) is 124 cm³/mol. The van der Waals surface area contributed by atoms with Gasteiger partial charge in [0, 0.05) is 0 Å². The maximum absolute atomic E-state index is 12.3. The molecule has 3 rings (SSSR count). The SMILES string of the molecule is CC(C)(C)OC(=O)c1ccc([S+](c2ccccc2)c2ccccc2)cc1.FC(F)C(F)C(F)(F)F. The molecule has 0 fully saturated rings. The van der Waals surface area contributed by atoms with Crippen LogP contribution in [0.15, 0.2) is 99.6 Å². The normalized spacial score (nSPS) is 12.7. The topological polar surface area (TPSA) is 26.3 Å². The van der Waals surface area contributed by atoms with Crippen LogP contribution in [0.4, 0.5) is 26.3 Å². The highest BCUT2D eigenvalue weighted by molar-refractivity contribution is 7.97. The number of ether oxygens (including phenoxy) is 1. The molecule has 0 aliphatic rings. The van der Waals surface area contributed by atoms with Crippen LogP contribution in [0.5, 0.6) is 0 Å². The monoisotopic (exact) mass is 515 g/mol. The molecule has 0 radical (unpaired) electrons. The quantitative estimate of drug-likeness (QED) is 0.196. The number of halogens is 6. The highest BCUT2D eigenvalue weighted by Crippen LogP contribution is 2.31. The fraction of sp³-hybridized carbons (Fsp3) is 0.269. The van der Waals surface area contributed by atoms with Crippen molar-refractivity contribution >= 4 is 16.9 Å². The van der Waals surface area contributed by atoms with Crippen LogP contribution in [-0.2, 0) is 15.6 Å². The molecule has 0 saturated carbocycles. The molecule has 188 valence electrons. The van der Waals surface area contributed by atoms with Gasteiger partial charge in [-0.2, -0.15) is 13.2 Å². The van der Waals surface area contributed by atoms with Gasteiger partial charge in [0.1, 0.15) is 5.60 Å². The minimum Gasteiger partial charge on any atom is -0.456 e. The number of carbonyl (C=O) groups is 1. The average Bonchev–Trinajstić information content (AvgIpc) is 2.79. The molecule has 0 heterocycles. The van der Waals surface area contributed by atoms with Crippen LogP contribution in [-0.4, -0.2) is 30.3 Å². The van der Waals surface area contributed by atoms with E-state index in [9.17, 15) is 31.1 Å². The van der Waals surface area contributed by atoms with Crippen molar-refractivity contribution in [1.29, 1.82) is 0 Å². The highest BCUT2D eigenvalue weighted by atomic mass is 32.2.